The summed E-state index contributed by atoms with van der Waals surface area (Å²) in [6.07, 6.45) is 1.31. The molecule has 1 aliphatic rings. The normalized spacial score (nSPS) is 21.6. The minimum atomic E-state index is -0.196. The second kappa shape index (κ2) is 7.05. The Bertz CT molecular complexity index is 496. The highest BCUT2D eigenvalue weighted by molar-refractivity contribution is 5.92. The van der Waals surface area contributed by atoms with Crippen LogP contribution in [0.4, 0.5) is 5.82 Å². The Kier molecular flexibility index (Phi) is 5.34. The zero-order chi connectivity index (χ0) is 16.2. The van der Waals surface area contributed by atoms with Gasteiger partial charge in [0.05, 0.1) is 6.10 Å². The van der Waals surface area contributed by atoms with E-state index in [4.69, 9.17) is 4.74 Å². The summed E-state index contributed by atoms with van der Waals surface area (Å²) >= 11 is 0. The van der Waals surface area contributed by atoms with Crippen LogP contribution in [0.2, 0.25) is 0 Å². The number of nitrogens with zero attached hydrogens (tertiary/aromatic N) is 2. The predicted octanol–water partition coefficient (Wildman–Crippen LogP) is 2.09. The van der Waals surface area contributed by atoms with Crippen LogP contribution in [0.15, 0.2) is 12.1 Å². The first kappa shape index (κ1) is 16.7. The van der Waals surface area contributed by atoms with E-state index in [0.29, 0.717) is 24.0 Å². The van der Waals surface area contributed by atoms with E-state index in [1.807, 2.05) is 6.92 Å². The van der Waals surface area contributed by atoms with Crippen LogP contribution in [0.1, 0.15) is 44.6 Å². The van der Waals surface area contributed by atoms with Crippen molar-refractivity contribution in [3.05, 3.63) is 17.8 Å². The summed E-state index contributed by atoms with van der Waals surface area (Å²) in [5, 5.41) is 14.0. The number of hydrogen-bond donors (Lipinski definition) is 2. The highest BCUT2D eigenvalue weighted by Crippen LogP contribution is 2.34. The molecular formula is C16H26N4O2. The van der Waals surface area contributed by atoms with Gasteiger partial charge in [-0.05, 0) is 30.9 Å². The van der Waals surface area contributed by atoms with Crippen molar-refractivity contribution >= 4 is 11.7 Å². The van der Waals surface area contributed by atoms with Crippen LogP contribution in [0, 0.1) is 11.3 Å². The fourth-order valence-electron chi connectivity index (χ4n) is 2.83. The SMILES string of the molecule is CCNC(=O)c1ccc(NC[C@H]2CCO[C@@H]2C(C)(C)C)nn1. The molecule has 1 aromatic rings. The van der Waals surface area contributed by atoms with Crippen molar-refractivity contribution in [3.63, 3.8) is 0 Å². The Morgan fingerprint density at radius 3 is 2.73 bits per heavy atom. The second-order valence-electron chi connectivity index (χ2n) is 6.75. The minimum absolute atomic E-state index is 0.136. The molecule has 122 valence electrons. The summed E-state index contributed by atoms with van der Waals surface area (Å²) in [6, 6.07) is 3.48. The van der Waals surface area contributed by atoms with Crippen molar-refractivity contribution in [2.45, 2.75) is 40.2 Å². The van der Waals surface area contributed by atoms with E-state index >= 15 is 0 Å². The van der Waals surface area contributed by atoms with E-state index in [-0.39, 0.29) is 17.4 Å². The molecular weight excluding hydrogens is 280 g/mol. The number of anilines is 1. The number of carbonyl (C=O) groups excluding carboxylic acids is 1. The number of nitrogens with one attached hydrogen (secondary N) is 2. The summed E-state index contributed by atoms with van der Waals surface area (Å²) in [7, 11) is 0. The van der Waals surface area contributed by atoms with E-state index < -0.39 is 0 Å². The van der Waals surface area contributed by atoms with Crippen molar-refractivity contribution in [1.82, 2.24) is 15.5 Å². The lowest BCUT2D eigenvalue weighted by atomic mass is 9.81. The highest BCUT2D eigenvalue weighted by Gasteiger charge is 2.36. The van der Waals surface area contributed by atoms with Crippen molar-refractivity contribution in [3.8, 4) is 0 Å². The lowest BCUT2D eigenvalue weighted by Gasteiger charge is -2.31. The van der Waals surface area contributed by atoms with Gasteiger partial charge in [0.25, 0.3) is 5.91 Å². The maximum Gasteiger partial charge on any atom is 0.271 e. The Hall–Kier alpha value is -1.69. The lowest BCUT2D eigenvalue weighted by Crippen LogP contribution is -2.34. The largest absolute Gasteiger partial charge is 0.377 e. The van der Waals surface area contributed by atoms with Gasteiger partial charge in [0.2, 0.25) is 0 Å². The van der Waals surface area contributed by atoms with Gasteiger partial charge in [0, 0.05) is 25.6 Å². The van der Waals surface area contributed by atoms with Crippen LogP contribution in [-0.2, 0) is 4.74 Å². The fourth-order valence-corrected chi connectivity index (χ4v) is 2.83. The predicted molar refractivity (Wildman–Crippen MR) is 85.8 cm³/mol. The van der Waals surface area contributed by atoms with Crippen molar-refractivity contribution in [2.24, 2.45) is 11.3 Å². The lowest BCUT2D eigenvalue weighted by molar-refractivity contribution is 0.00956. The summed E-state index contributed by atoms with van der Waals surface area (Å²) in [5.41, 5.74) is 0.473. The summed E-state index contributed by atoms with van der Waals surface area (Å²) in [5.74, 6) is 0.955. The van der Waals surface area contributed by atoms with Gasteiger partial charge in [0.15, 0.2) is 5.69 Å². The van der Waals surface area contributed by atoms with E-state index in [1.54, 1.807) is 12.1 Å². The second-order valence-corrected chi connectivity index (χ2v) is 6.75. The third-order valence-electron chi connectivity index (χ3n) is 3.85. The van der Waals surface area contributed by atoms with E-state index in [2.05, 4.69) is 41.6 Å². The molecule has 0 spiro atoms. The first-order valence-corrected chi connectivity index (χ1v) is 7.89. The third-order valence-corrected chi connectivity index (χ3v) is 3.85. The van der Waals surface area contributed by atoms with Gasteiger partial charge in [-0.25, -0.2) is 0 Å². The Morgan fingerprint density at radius 2 is 2.14 bits per heavy atom. The number of rotatable bonds is 5. The molecule has 0 unspecified atom stereocenters. The topological polar surface area (TPSA) is 76.1 Å². The monoisotopic (exact) mass is 306 g/mol. The average Bonchev–Trinajstić information content (AvgIpc) is 2.94. The highest BCUT2D eigenvalue weighted by atomic mass is 16.5. The van der Waals surface area contributed by atoms with Gasteiger partial charge in [-0.3, -0.25) is 4.79 Å². The van der Waals surface area contributed by atoms with Gasteiger partial charge in [0.1, 0.15) is 5.82 Å². The average molecular weight is 306 g/mol. The number of ether oxygens (including phenoxy) is 1. The minimum Gasteiger partial charge on any atom is -0.377 e. The smallest absolute Gasteiger partial charge is 0.271 e. The molecule has 0 aliphatic carbocycles. The van der Waals surface area contributed by atoms with Crippen molar-refractivity contribution in [1.29, 1.82) is 0 Å². The molecule has 2 rings (SSSR count). The summed E-state index contributed by atoms with van der Waals surface area (Å²) < 4.78 is 5.87. The maximum atomic E-state index is 11.6. The van der Waals surface area contributed by atoms with E-state index in [1.165, 1.54) is 0 Å². The number of amides is 1. The number of hydrogen-bond acceptors (Lipinski definition) is 5. The van der Waals surface area contributed by atoms with Crippen LogP contribution in [0.5, 0.6) is 0 Å². The molecule has 2 heterocycles. The third kappa shape index (κ3) is 4.16. The standard InChI is InChI=1S/C16H26N4O2/c1-5-17-15(21)12-6-7-13(20-19-12)18-10-11-8-9-22-14(11)16(2,3)4/h6-7,11,14H,5,8-10H2,1-4H3,(H,17,21)(H,18,20)/t11-,14+/m1/s1. The summed E-state index contributed by atoms with van der Waals surface area (Å²) in [6.45, 7) is 10.7. The summed E-state index contributed by atoms with van der Waals surface area (Å²) in [4.78, 5) is 11.6. The molecule has 1 fully saturated rings. The Balaban J connectivity index is 1.90. The van der Waals surface area contributed by atoms with Crippen molar-refractivity contribution < 1.29 is 9.53 Å². The Labute approximate surface area is 132 Å². The molecule has 6 heteroatoms. The van der Waals surface area contributed by atoms with Crippen LogP contribution in [-0.4, -0.2) is 41.9 Å². The molecule has 1 aliphatic heterocycles. The van der Waals surface area contributed by atoms with Crippen LogP contribution in [0.3, 0.4) is 0 Å². The molecule has 2 N–H and O–H groups in total. The molecule has 22 heavy (non-hydrogen) atoms. The molecule has 1 aromatic heterocycles. The fraction of sp³-hybridized carbons (Fsp3) is 0.688. The van der Waals surface area contributed by atoms with Crippen molar-refractivity contribution in [2.75, 3.05) is 25.0 Å². The first-order chi connectivity index (χ1) is 10.4. The zero-order valence-electron chi connectivity index (χ0n) is 13.8. The number of aromatic nitrogens is 2. The van der Waals surface area contributed by atoms with E-state index in [0.717, 1.165) is 19.6 Å². The molecule has 0 saturated carbocycles. The molecule has 1 amide bonds. The molecule has 6 nitrogen and oxygen atoms in total. The molecule has 2 atom stereocenters. The van der Waals surface area contributed by atoms with Gasteiger partial charge in [-0.15, -0.1) is 10.2 Å². The van der Waals surface area contributed by atoms with E-state index in [9.17, 15) is 4.79 Å². The maximum absolute atomic E-state index is 11.6. The van der Waals surface area contributed by atoms with Gasteiger partial charge >= 0.3 is 0 Å². The Morgan fingerprint density at radius 1 is 1.36 bits per heavy atom. The zero-order valence-corrected chi connectivity index (χ0v) is 13.8. The van der Waals surface area contributed by atoms with Gasteiger partial charge in [-0.2, -0.15) is 0 Å². The molecule has 0 radical (unpaired) electrons. The van der Waals surface area contributed by atoms with Gasteiger partial charge in [-0.1, -0.05) is 20.8 Å². The first-order valence-electron chi connectivity index (χ1n) is 7.89. The van der Waals surface area contributed by atoms with Crippen LogP contribution < -0.4 is 10.6 Å². The molecule has 0 bridgehead atoms. The van der Waals surface area contributed by atoms with Gasteiger partial charge < -0.3 is 15.4 Å². The molecule has 1 saturated heterocycles. The number of carbonyl (C=O) groups is 1. The quantitative estimate of drug-likeness (QED) is 0.871. The van der Waals surface area contributed by atoms with Crippen LogP contribution in [0.25, 0.3) is 0 Å². The molecule has 0 aromatic carbocycles. The van der Waals surface area contributed by atoms with Crippen LogP contribution >= 0.6 is 0 Å².